The van der Waals surface area contributed by atoms with E-state index in [0.29, 0.717) is 6.04 Å². The van der Waals surface area contributed by atoms with Crippen LogP contribution in [0.1, 0.15) is 25.3 Å². The molecule has 0 fully saturated rings. The Morgan fingerprint density at radius 2 is 2.38 bits per heavy atom. The maximum absolute atomic E-state index is 5.08. The third-order valence-corrected chi connectivity index (χ3v) is 2.60. The molecule has 1 N–H and O–H groups in total. The number of rotatable bonds is 8. The number of hydrogen-bond acceptors (Lipinski definition) is 3. The second-order valence-corrected chi connectivity index (χ2v) is 3.96. The van der Waals surface area contributed by atoms with Gasteiger partial charge in [-0.25, -0.2) is 0 Å². The second kappa shape index (κ2) is 8.25. The molecule has 0 aliphatic heterocycles. The topological polar surface area (TPSA) is 34.1 Å². The quantitative estimate of drug-likeness (QED) is 0.683. The first kappa shape index (κ1) is 13.1. The van der Waals surface area contributed by atoms with Crippen LogP contribution in [0.3, 0.4) is 0 Å². The Morgan fingerprint density at radius 1 is 1.50 bits per heavy atom. The van der Waals surface area contributed by atoms with E-state index in [1.807, 2.05) is 18.5 Å². The number of ether oxygens (including phenoxy) is 1. The fourth-order valence-corrected chi connectivity index (χ4v) is 1.84. The first-order valence-electron chi connectivity index (χ1n) is 5.98. The Kier molecular flexibility index (Phi) is 6.77. The van der Waals surface area contributed by atoms with Gasteiger partial charge in [-0.3, -0.25) is 4.98 Å². The number of likely N-dealkylation sites (N-methyl/N-ethyl adjacent to an activating group) is 1. The lowest BCUT2D eigenvalue weighted by Crippen LogP contribution is -2.31. The number of aromatic nitrogens is 1. The van der Waals surface area contributed by atoms with Crippen molar-refractivity contribution in [1.29, 1.82) is 0 Å². The highest BCUT2D eigenvalue weighted by molar-refractivity contribution is 5.10. The fraction of sp³-hybridized carbons (Fsp3) is 0.615. The molecule has 0 amide bonds. The SMILES string of the molecule is CCNC(CCCOC)Cc1cccnc1. The van der Waals surface area contributed by atoms with E-state index in [2.05, 4.69) is 23.3 Å². The Hall–Kier alpha value is -0.930. The monoisotopic (exact) mass is 222 g/mol. The van der Waals surface area contributed by atoms with Crippen LogP contribution < -0.4 is 5.32 Å². The van der Waals surface area contributed by atoms with E-state index in [0.717, 1.165) is 32.4 Å². The van der Waals surface area contributed by atoms with Gasteiger partial charge in [0.05, 0.1) is 0 Å². The van der Waals surface area contributed by atoms with Crippen LogP contribution in [-0.4, -0.2) is 31.3 Å². The van der Waals surface area contributed by atoms with E-state index in [1.165, 1.54) is 5.56 Å². The van der Waals surface area contributed by atoms with Gasteiger partial charge in [-0.05, 0) is 37.4 Å². The van der Waals surface area contributed by atoms with Crippen molar-refractivity contribution in [2.45, 2.75) is 32.2 Å². The van der Waals surface area contributed by atoms with Gasteiger partial charge in [-0.15, -0.1) is 0 Å². The molecule has 0 aliphatic carbocycles. The summed E-state index contributed by atoms with van der Waals surface area (Å²) in [5, 5.41) is 3.51. The molecule has 0 aromatic carbocycles. The molecule has 1 atom stereocenters. The predicted octanol–water partition coefficient (Wildman–Crippen LogP) is 2.03. The normalized spacial score (nSPS) is 12.6. The second-order valence-electron chi connectivity index (χ2n) is 3.96. The summed E-state index contributed by atoms with van der Waals surface area (Å²) in [6.45, 7) is 4.00. The summed E-state index contributed by atoms with van der Waals surface area (Å²) < 4.78 is 5.08. The average molecular weight is 222 g/mol. The number of pyridine rings is 1. The molecular formula is C13H22N2O. The van der Waals surface area contributed by atoms with Gasteiger partial charge < -0.3 is 10.1 Å². The Morgan fingerprint density at radius 3 is 3.00 bits per heavy atom. The third-order valence-electron chi connectivity index (χ3n) is 2.60. The highest BCUT2D eigenvalue weighted by Crippen LogP contribution is 2.06. The maximum Gasteiger partial charge on any atom is 0.0462 e. The van der Waals surface area contributed by atoms with Crippen LogP contribution in [0.5, 0.6) is 0 Å². The minimum atomic E-state index is 0.532. The summed E-state index contributed by atoms with van der Waals surface area (Å²) in [7, 11) is 1.75. The van der Waals surface area contributed by atoms with Crippen LogP contribution in [-0.2, 0) is 11.2 Å². The molecule has 0 radical (unpaired) electrons. The van der Waals surface area contributed by atoms with Crippen molar-refractivity contribution in [1.82, 2.24) is 10.3 Å². The van der Waals surface area contributed by atoms with Crippen molar-refractivity contribution < 1.29 is 4.74 Å². The first-order valence-corrected chi connectivity index (χ1v) is 5.98. The summed E-state index contributed by atoms with van der Waals surface area (Å²) in [6, 6.07) is 4.66. The number of hydrogen-bond donors (Lipinski definition) is 1. The van der Waals surface area contributed by atoms with Crippen LogP contribution >= 0.6 is 0 Å². The molecule has 1 aromatic rings. The fourth-order valence-electron chi connectivity index (χ4n) is 1.84. The molecule has 90 valence electrons. The molecule has 0 saturated heterocycles. The number of methoxy groups -OCH3 is 1. The lowest BCUT2D eigenvalue weighted by atomic mass is 10.0. The number of nitrogens with zero attached hydrogens (tertiary/aromatic N) is 1. The molecule has 1 rings (SSSR count). The van der Waals surface area contributed by atoms with Crippen molar-refractivity contribution in [3.05, 3.63) is 30.1 Å². The zero-order valence-electron chi connectivity index (χ0n) is 10.3. The zero-order valence-corrected chi connectivity index (χ0v) is 10.3. The lowest BCUT2D eigenvalue weighted by molar-refractivity contribution is 0.188. The largest absolute Gasteiger partial charge is 0.385 e. The highest BCUT2D eigenvalue weighted by Gasteiger charge is 2.07. The summed E-state index contributed by atoms with van der Waals surface area (Å²) in [5.74, 6) is 0. The van der Waals surface area contributed by atoms with Crippen molar-refractivity contribution in [2.24, 2.45) is 0 Å². The van der Waals surface area contributed by atoms with Crippen LogP contribution in [0.25, 0.3) is 0 Å². The minimum absolute atomic E-state index is 0.532. The smallest absolute Gasteiger partial charge is 0.0462 e. The van der Waals surface area contributed by atoms with E-state index in [9.17, 15) is 0 Å². The third kappa shape index (κ3) is 5.24. The summed E-state index contributed by atoms with van der Waals surface area (Å²) in [5.41, 5.74) is 1.30. The Bertz CT molecular complexity index is 264. The van der Waals surface area contributed by atoms with Crippen molar-refractivity contribution >= 4 is 0 Å². The van der Waals surface area contributed by atoms with Gasteiger partial charge in [-0.1, -0.05) is 13.0 Å². The van der Waals surface area contributed by atoms with E-state index in [-0.39, 0.29) is 0 Å². The van der Waals surface area contributed by atoms with Gasteiger partial charge in [0.2, 0.25) is 0 Å². The molecule has 1 heterocycles. The van der Waals surface area contributed by atoms with E-state index in [1.54, 1.807) is 7.11 Å². The lowest BCUT2D eigenvalue weighted by Gasteiger charge is -2.17. The molecule has 3 heteroatoms. The van der Waals surface area contributed by atoms with Crippen molar-refractivity contribution in [3.8, 4) is 0 Å². The molecule has 1 unspecified atom stereocenters. The van der Waals surface area contributed by atoms with Crippen LogP contribution in [0.2, 0.25) is 0 Å². The Balaban J connectivity index is 2.38. The molecule has 16 heavy (non-hydrogen) atoms. The summed E-state index contributed by atoms with van der Waals surface area (Å²) in [4.78, 5) is 4.14. The number of nitrogens with one attached hydrogen (secondary N) is 1. The minimum Gasteiger partial charge on any atom is -0.385 e. The van der Waals surface area contributed by atoms with Gasteiger partial charge in [0, 0.05) is 32.2 Å². The summed E-state index contributed by atoms with van der Waals surface area (Å²) in [6.07, 6.45) is 7.06. The van der Waals surface area contributed by atoms with Crippen LogP contribution in [0.4, 0.5) is 0 Å². The molecule has 0 saturated carbocycles. The van der Waals surface area contributed by atoms with Gasteiger partial charge in [-0.2, -0.15) is 0 Å². The molecule has 3 nitrogen and oxygen atoms in total. The van der Waals surface area contributed by atoms with Gasteiger partial charge in [0.15, 0.2) is 0 Å². The van der Waals surface area contributed by atoms with Crippen molar-refractivity contribution in [2.75, 3.05) is 20.3 Å². The van der Waals surface area contributed by atoms with E-state index < -0.39 is 0 Å². The van der Waals surface area contributed by atoms with Crippen molar-refractivity contribution in [3.63, 3.8) is 0 Å². The van der Waals surface area contributed by atoms with Gasteiger partial charge in [0.1, 0.15) is 0 Å². The van der Waals surface area contributed by atoms with E-state index >= 15 is 0 Å². The molecule has 1 aromatic heterocycles. The van der Waals surface area contributed by atoms with E-state index in [4.69, 9.17) is 4.74 Å². The zero-order chi connectivity index (χ0) is 11.6. The summed E-state index contributed by atoms with van der Waals surface area (Å²) >= 11 is 0. The molecular weight excluding hydrogens is 200 g/mol. The van der Waals surface area contributed by atoms with Gasteiger partial charge in [0.25, 0.3) is 0 Å². The molecule has 0 bridgehead atoms. The standard InChI is InChI=1S/C13H22N2O/c1-3-15-13(7-5-9-16-2)10-12-6-4-8-14-11-12/h4,6,8,11,13,15H,3,5,7,9-10H2,1-2H3. The van der Waals surface area contributed by atoms with Gasteiger partial charge >= 0.3 is 0 Å². The Labute approximate surface area is 98.2 Å². The average Bonchev–Trinajstić information content (AvgIpc) is 2.31. The predicted molar refractivity (Wildman–Crippen MR) is 66.5 cm³/mol. The van der Waals surface area contributed by atoms with Crippen LogP contribution in [0, 0.1) is 0 Å². The van der Waals surface area contributed by atoms with Crippen LogP contribution in [0.15, 0.2) is 24.5 Å². The highest BCUT2D eigenvalue weighted by atomic mass is 16.5. The maximum atomic E-state index is 5.08. The first-order chi connectivity index (χ1) is 7.86. The molecule has 0 spiro atoms. The molecule has 0 aliphatic rings.